The first-order valence-electron chi connectivity index (χ1n) is 4.00. The van der Waals surface area contributed by atoms with Crippen LogP contribution < -0.4 is 11.1 Å². The molecule has 0 aliphatic rings. The Kier molecular flexibility index (Phi) is 3.38. The first-order chi connectivity index (χ1) is 5.77. The average molecular weight is 185 g/mol. The van der Waals surface area contributed by atoms with E-state index in [4.69, 9.17) is 17.3 Å². The van der Waals surface area contributed by atoms with Crippen molar-refractivity contribution in [1.29, 1.82) is 0 Å². The molecular formula is C9H13ClN2. The van der Waals surface area contributed by atoms with E-state index in [1.807, 2.05) is 25.1 Å². The first-order valence-corrected chi connectivity index (χ1v) is 4.38. The normalized spacial score (nSPS) is 9.92. The standard InChI is InChI=1S/C9H13ClN2/c1-2-12-9-5-8(10)4-3-7(9)6-11/h3-5,12H,2,6,11H2,1H3. The van der Waals surface area contributed by atoms with Crippen LogP contribution in [-0.2, 0) is 6.54 Å². The number of halogens is 1. The van der Waals surface area contributed by atoms with Crippen molar-refractivity contribution in [2.45, 2.75) is 13.5 Å². The van der Waals surface area contributed by atoms with Crippen molar-refractivity contribution in [3.05, 3.63) is 28.8 Å². The van der Waals surface area contributed by atoms with Crippen LogP contribution in [0.5, 0.6) is 0 Å². The van der Waals surface area contributed by atoms with Crippen molar-refractivity contribution >= 4 is 17.3 Å². The lowest BCUT2D eigenvalue weighted by Gasteiger charge is -2.08. The van der Waals surface area contributed by atoms with Crippen molar-refractivity contribution in [3.8, 4) is 0 Å². The molecule has 12 heavy (non-hydrogen) atoms. The van der Waals surface area contributed by atoms with E-state index in [0.29, 0.717) is 6.54 Å². The zero-order chi connectivity index (χ0) is 8.97. The Morgan fingerprint density at radius 1 is 1.50 bits per heavy atom. The lowest BCUT2D eigenvalue weighted by atomic mass is 10.2. The number of benzene rings is 1. The van der Waals surface area contributed by atoms with Gasteiger partial charge in [-0.1, -0.05) is 17.7 Å². The highest BCUT2D eigenvalue weighted by Gasteiger charge is 1.99. The fourth-order valence-electron chi connectivity index (χ4n) is 1.08. The maximum Gasteiger partial charge on any atom is 0.0426 e. The summed E-state index contributed by atoms with van der Waals surface area (Å²) in [5.74, 6) is 0. The minimum atomic E-state index is 0.541. The topological polar surface area (TPSA) is 38.0 Å². The minimum Gasteiger partial charge on any atom is -0.385 e. The smallest absolute Gasteiger partial charge is 0.0426 e. The molecule has 0 atom stereocenters. The second-order valence-electron chi connectivity index (χ2n) is 2.54. The van der Waals surface area contributed by atoms with Crippen LogP contribution in [-0.4, -0.2) is 6.54 Å². The molecule has 0 amide bonds. The molecule has 0 fully saturated rings. The molecule has 2 nitrogen and oxygen atoms in total. The highest BCUT2D eigenvalue weighted by atomic mass is 35.5. The summed E-state index contributed by atoms with van der Waals surface area (Å²) in [6.07, 6.45) is 0. The summed E-state index contributed by atoms with van der Waals surface area (Å²) in [6, 6.07) is 5.69. The lowest BCUT2D eigenvalue weighted by Crippen LogP contribution is -2.04. The van der Waals surface area contributed by atoms with Crippen LogP contribution in [0.1, 0.15) is 12.5 Å². The fourth-order valence-corrected chi connectivity index (χ4v) is 1.25. The molecule has 0 unspecified atom stereocenters. The van der Waals surface area contributed by atoms with Crippen molar-refractivity contribution in [2.24, 2.45) is 5.73 Å². The molecule has 0 heterocycles. The number of hydrogen-bond acceptors (Lipinski definition) is 2. The van der Waals surface area contributed by atoms with Crippen LogP contribution in [0, 0.1) is 0 Å². The average Bonchev–Trinajstić information content (AvgIpc) is 2.05. The molecule has 3 N–H and O–H groups in total. The predicted molar refractivity (Wildman–Crippen MR) is 53.5 cm³/mol. The predicted octanol–water partition coefficient (Wildman–Crippen LogP) is 2.23. The van der Waals surface area contributed by atoms with E-state index < -0.39 is 0 Å². The highest BCUT2D eigenvalue weighted by Crippen LogP contribution is 2.20. The van der Waals surface area contributed by atoms with E-state index in [9.17, 15) is 0 Å². The second-order valence-corrected chi connectivity index (χ2v) is 2.97. The summed E-state index contributed by atoms with van der Waals surface area (Å²) in [6.45, 7) is 3.47. The molecule has 0 bridgehead atoms. The molecule has 0 saturated carbocycles. The Morgan fingerprint density at radius 2 is 2.25 bits per heavy atom. The van der Waals surface area contributed by atoms with E-state index in [1.165, 1.54) is 0 Å². The highest BCUT2D eigenvalue weighted by molar-refractivity contribution is 6.30. The van der Waals surface area contributed by atoms with Crippen molar-refractivity contribution in [2.75, 3.05) is 11.9 Å². The van der Waals surface area contributed by atoms with Gasteiger partial charge in [0.25, 0.3) is 0 Å². The fraction of sp³-hybridized carbons (Fsp3) is 0.333. The van der Waals surface area contributed by atoms with Gasteiger partial charge in [0, 0.05) is 23.8 Å². The van der Waals surface area contributed by atoms with Gasteiger partial charge in [-0.05, 0) is 24.6 Å². The van der Waals surface area contributed by atoms with Crippen molar-refractivity contribution < 1.29 is 0 Å². The second kappa shape index (κ2) is 4.33. The SMILES string of the molecule is CCNc1cc(Cl)ccc1CN. The number of nitrogens with one attached hydrogen (secondary N) is 1. The summed E-state index contributed by atoms with van der Waals surface area (Å²) < 4.78 is 0. The van der Waals surface area contributed by atoms with Crippen LogP contribution in [0.2, 0.25) is 5.02 Å². The number of nitrogens with two attached hydrogens (primary N) is 1. The van der Waals surface area contributed by atoms with E-state index >= 15 is 0 Å². The molecule has 0 aromatic heterocycles. The zero-order valence-corrected chi connectivity index (χ0v) is 7.86. The molecule has 3 heteroatoms. The third kappa shape index (κ3) is 2.13. The monoisotopic (exact) mass is 184 g/mol. The molecule has 0 saturated heterocycles. The number of hydrogen-bond donors (Lipinski definition) is 2. The van der Waals surface area contributed by atoms with Crippen LogP contribution in [0.15, 0.2) is 18.2 Å². The zero-order valence-electron chi connectivity index (χ0n) is 7.10. The number of rotatable bonds is 3. The summed E-state index contributed by atoms with van der Waals surface area (Å²) in [5, 5.41) is 3.94. The Balaban J connectivity index is 2.95. The quantitative estimate of drug-likeness (QED) is 0.756. The Bertz CT molecular complexity index is 261. The Morgan fingerprint density at radius 3 is 2.83 bits per heavy atom. The molecule has 1 aromatic carbocycles. The molecule has 0 aliphatic heterocycles. The lowest BCUT2D eigenvalue weighted by molar-refractivity contribution is 1.06. The summed E-state index contributed by atoms with van der Waals surface area (Å²) in [5.41, 5.74) is 7.68. The van der Waals surface area contributed by atoms with Crippen molar-refractivity contribution in [3.63, 3.8) is 0 Å². The van der Waals surface area contributed by atoms with Crippen LogP contribution in [0.4, 0.5) is 5.69 Å². The molecule has 1 aromatic rings. The number of anilines is 1. The van der Waals surface area contributed by atoms with Gasteiger partial charge < -0.3 is 11.1 Å². The molecular weight excluding hydrogens is 172 g/mol. The van der Waals surface area contributed by atoms with Crippen LogP contribution in [0.3, 0.4) is 0 Å². The van der Waals surface area contributed by atoms with Gasteiger partial charge in [-0.2, -0.15) is 0 Å². The summed E-state index contributed by atoms with van der Waals surface area (Å²) in [7, 11) is 0. The summed E-state index contributed by atoms with van der Waals surface area (Å²) >= 11 is 5.83. The largest absolute Gasteiger partial charge is 0.385 e. The summed E-state index contributed by atoms with van der Waals surface area (Å²) in [4.78, 5) is 0. The van der Waals surface area contributed by atoms with E-state index in [1.54, 1.807) is 0 Å². The van der Waals surface area contributed by atoms with Gasteiger partial charge in [-0.15, -0.1) is 0 Å². The van der Waals surface area contributed by atoms with Gasteiger partial charge in [-0.25, -0.2) is 0 Å². The molecule has 1 rings (SSSR count). The van der Waals surface area contributed by atoms with Gasteiger partial charge in [0.2, 0.25) is 0 Å². The minimum absolute atomic E-state index is 0.541. The maximum absolute atomic E-state index is 5.83. The molecule has 0 aliphatic carbocycles. The Hall–Kier alpha value is -0.730. The van der Waals surface area contributed by atoms with E-state index in [-0.39, 0.29) is 0 Å². The third-order valence-corrected chi connectivity index (χ3v) is 1.89. The molecule has 66 valence electrons. The third-order valence-electron chi connectivity index (χ3n) is 1.66. The maximum atomic E-state index is 5.83. The Labute approximate surface area is 77.7 Å². The van der Waals surface area contributed by atoms with Crippen LogP contribution in [0.25, 0.3) is 0 Å². The van der Waals surface area contributed by atoms with Gasteiger partial charge in [0.05, 0.1) is 0 Å². The first kappa shape index (κ1) is 9.36. The molecule has 0 radical (unpaired) electrons. The molecule has 0 spiro atoms. The van der Waals surface area contributed by atoms with E-state index in [2.05, 4.69) is 5.32 Å². The van der Waals surface area contributed by atoms with E-state index in [0.717, 1.165) is 22.8 Å². The van der Waals surface area contributed by atoms with Crippen molar-refractivity contribution in [1.82, 2.24) is 0 Å². The van der Waals surface area contributed by atoms with Gasteiger partial charge in [0.1, 0.15) is 0 Å². The van der Waals surface area contributed by atoms with Gasteiger partial charge >= 0.3 is 0 Å². The van der Waals surface area contributed by atoms with Crippen LogP contribution >= 0.6 is 11.6 Å². The van der Waals surface area contributed by atoms with Gasteiger partial charge in [-0.3, -0.25) is 0 Å². The van der Waals surface area contributed by atoms with Gasteiger partial charge in [0.15, 0.2) is 0 Å².